The number of hydrogen-bond acceptors (Lipinski definition) is 4. The molecule has 5 aromatic carbocycles. The minimum absolute atomic E-state index is 0.654. The van der Waals surface area contributed by atoms with Gasteiger partial charge in [0, 0.05) is 18.5 Å². The van der Waals surface area contributed by atoms with Crippen molar-refractivity contribution in [1.82, 2.24) is 14.5 Å². The fraction of sp³-hybridized carbons (Fsp3) is 0.154. The molecule has 0 N–H and O–H groups in total. The van der Waals surface area contributed by atoms with E-state index in [4.69, 9.17) is 9.97 Å². The van der Waals surface area contributed by atoms with Crippen LogP contribution >= 0.6 is 11.3 Å². The van der Waals surface area contributed by atoms with Crippen molar-refractivity contribution in [2.24, 2.45) is 0 Å². The number of rotatable bonds is 8. The number of benzene rings is 5. The lowest BCUT2D eigenvalue weighted by atomic mass is 9.98. The maximum atomic E-state index is 10.0. The Hall–Kier alpha value is -5.05. The van der Waals surface area contributed by atoms with Crippen LogP contribution in [0.4, 0.5) is 0 Å². The van der Waals surface area contributed by atoms with Crippen LogP contribution in [0.1, 0.15) is 47.0 Å². The predicted octanol–water partition coefficient (Wildman–Crippen LogP) is 9.75. The van der Waals surface area contributed by atoms with E-state index in [0.29, 0.717) is 12.1 Å². The molecule has 0 unspecified atom stereocenters. The molecule has 214 valence electrons. The second-order valence-electron chi connectivity index (χ2n) is 11.4. The SMILES string of the molecule is CCCc1nc2c(C)cc(-c3nc4cc(Cc5ccccc5)ccc4s3)cc2n1Cc1ccc(-c2ccccc2)c(C#N)c1. The molecule has 0 saturated heterocycles. The van der Waals surface area contributed by atoms with Gasteiger partial charge in [0.25, 0.3) is 0 Å². The monoisotopic (exact) mass is 588 g/mol. The van der Waals surface area contributed by atoms with Crippen molar-refractivity contribution >= 4 is 32.6 Å². The molecule has 0 bridgehead atoms. The second-order valence-corrected chi connectivity index (χ2v) is 12.4. The van der Waals surface area contributed by atoms with Gasteiger partial charge < -0.3 is 4.57 Å². The summed E-state index contributed by atoms with van der Waals surface area (Å²) in [6.45, 7) is 4.99. The Morgan fingerprint density at radius 3 is 2.32 bits per heavy atom. The Labute approximate surface area is 261 Å². The van der Waals surface area contributed by atoms with Crippen molar-refractivity contribution < 1.29 is 0 Å². The molecular weight excluding hydrogens is 557 g/mol. The molecule has 2 heterocycles. The zero-order valence-corrected chi connectivity index (χ0v) is 25.7. The van der Waals surface area contributed by atoms with Crippen LogP contribution in [-0.4, -0.2) is 14.5 Å². The smallest absolute Gasteiger partial charge is 0.124 e. The standard InChI is InChI=1S/C39H32N4S/c1-3-10-37-42-38-26(2)19-31(39-41-34-22-28(16-18-36(34)44-39)20-27-11-6-4-7-12-27)23-35(38)43(37)25-29-15-17-33(32(21-29)24-40)30-13-8-5-9-14-30/h4-9,11-19,21-23H,3,10,20,25H2,1-2H3. The minimum atomic E-state index is 0.654. The molecule has 44 heavy (non-hydrogen) atoms. The lowest BCUT2D eigenvalue weighted by molar-refractivity contribution is 0.722. The van der Waals surface area contributed by atoms with E-state index in [2.05, 4.69) is 109 Å². The van der Waals surface area contributed by atoms with Crippen LogP contribution in [0.25, 0.3) is 42.9 Å². The van der Waals surface area contributed by atoms with Gasteiger partial charge in [-0.3, -0.25) is 0 Å². The van der Waals surface area contributed by atoms with Crippen molar-refractivity contribution in [2.75, 3.05) is 0 Å². The van der Waals surface area contributed by atoms with Crippen molar-refractivity contribution in [3.63, 3.8) is 0 Å². The number of nitriles is 1. The molecule has 0 aliphatic heterocycles. The van der Waals surface area contributed by atoms with Gasteiger partial charge in [0.05, 0.1) is 32.9 Å². The van der Waals surface area contributed by atoms with E-state index in [-0.39, 0.29) is 0 Å². The lowest BCUT2D eigenvalue weighted by Crippen LogP contribution is -2.06. The molecule has 0 aliphatic carbocycles. The molecule has 7 rings (SSSR count). The Kier molecular flexibility index (Phi) is 7.52. The van der Waals surface area contributed by atoms with Gasteiger partial charge >= 0.3 is 0 Å². The van der Waals surface area contributed by atoms with Gasteiger partial charge in [-0.15, -0.1) is 11.3 Å². The summed E-state index contributed by atoms with van der Waals surface area (Å²) in [5.41, 5.74) is 11.8. The third kappa shape index (κ3) is 5.41. The van der Waals surface area contributed by atoms with Crippen LogP contribution in [0.15, 0.2) is 109 Å². The second kappa shape index (κ2) is 11.9. The molecule has 0 aliphatic rings. The number of fused-ring (bicyclic) bond motifs is 2. The molecular formula is C39H32N4S. The van der Waals surface area contributed by atoms with E-state index in [1.54, 1.807) is 11.3 Å². The van der Waals surface area contributed by atoms with Gasteiger partial charge in [-0.25, -0.2) is 9.97 Å². The summed E-state index contributed by atoms with van der Waals surface area (Å²) in [5.74, 6) is 1.07. The van der Waals surface area contributed by atoms with Gasteiger partial charge in [0.15, 0.2) is 0 Å². The quantitative estimate of drug-likeness (QED) is 0.178. The van der Waals surface area contributed by atoms with Crippen LogP contribution < -0.4 is 0 Å². The molecule has 0 radical (unpaired) electrons. The van der Waals surface area contributed by atoms with Crippen molar-refractivity contribution in [2.45, 2.75) is 39.7 Å². The predicted molar refractivity (Wildman–Crippen MR) is 182 cm³/mol. The third-order valence-corrected chi connectivity index (χ3v) is 9.26. The first-order valence-corrected chi connectivity index (χ1v) is 15.9. The highest BCUT2D eigenvalue weighted by atomic mass is 32.1. The Morgan fingerprint density at radius 2 is 1.55 bits per heavy atom. The van der Waals surface area contributed by atoms with E-state index in [1.807, 2.05) is 24.3 Å². The van der Waals surface area contributed by atoms with Crippen molar-refractivity contribution in [1.29, 1.82) is 5.26 Å². The molecule has 4 nitrogen and oxygen atoms in total. The zero-order valence-electron chi connectivity index (χ0n) is 24.9. The normalized spacial score (nSPS) is 11.3. The summed E-state index contributed by atoms with van der Waals surface area (Å²) < 4.78 is 3.52. The summed E-state index contributed by atoms with van der Waals surface area (Å²) in [6.07, 6.45) is 2.80. The lowest BCUT2D eigenvalue weighted by Gasteiger charge is -2.12. The number of aryl methyl sites for hydroxylation is 2. The summed E-state index contributed by atoms with van der Waals surface area (Å²) in [5, 5.41) is 11.0. The number of aromatic nitrogens is 3. The highest BCUT2D eigenvalue weighted by Gasteiger charge is 2.17. The first kappa shape index (κ1) is 27.8. The molecule has 0 atom stereocenters. The van der Waals surface area contributed by atoms with Gasteiger partial charge in [-0.1, -0.05) is 85.8 Å². The average Bonchev–Trinajstić information content (AvgIpc) is 3.63. The van der Waals surface area contributed by atoms with Gasteiger partial charge in [-0.05, 0) is 83.5 Å². The van der Waals surface area contributed by atoms with Gasteiger partial charge in [0.1, 0.15) is 10.8 Å². The topological polar surface area (TPSA) is 54.5 Å². The van der Waals surface area contributed by atoms with Crippen LogP contribution in [-0.2, 0) is 19.4 Å². The number of imidazole rings is 1. The molecule has 0 fully saturated rings. The summed E-state index contributed by atoms with van der Waals surface area (Å²) in [6, 6.07) is 40.5. The van der Waals surface area contributed by atoms with E-state index >= 15 is 0 Å². The first-order chi connectivity index (χ1) is 21.6. The maximum Gasteiger partial charge on any atom is 0.124 e. The fourth-order valence-electron chi connectivity index (χ4n) is 6.03. The largest absolute Gasteiger partial charge is 0.323 e. The van der Waals surface area contributed by atoms with Crippen LogP contribution in [0.2, 0.25) is 0 Å². The number of thiazole rings is 1. The highest BCUT2D eigenvalue weighted by molar-refractivity contribution is 7.21. The Morgan fingerprint density at radius 1 is 0.773 bits per heavy atom. The zero-order chi connectivity index (χ0) is 30.0. The van der Waals surface area contributed by atoms with E-state index in [0.717, 1.165) is 74.5 Å². The summed E-state index contributed by atoms with van der Waals surface area (Å²) in [7, 11) is 0. The Balaban J connectivity index is 1.26. The van der Waals surface area contributed by atoms with E-state index in [1.165, 1.54) is 15.8 Å². The molecule has 7 aromatic rings. The first-order valence-electron chi connectivity index (χ1n) is 15.1. The van der Waals surface area contributed by atoms with Crippen LogP contribution in [0.3, 0.4) is 0 Å². The minimum Gasteiger partial charge on any atom is -0.323 e. The van der Waals surface area contributed by atoms with Gasteiger partial charge in [-0.2, -0.15) is 5.26 Å². The molecule has 0 spiro atoms. The van der Waals surface area contributed by atoms with Crippen LogP contribution in [0, 0.1) is 18.3 Å². The fourth-order valence-corrected chi connectivity index (χ4v) is 6.96. The molecule has 0 saturated carbocycles. The van der Waals surface area contributed by atoms with E-state index < -0.39 is 0 Å². The average molecular weight is 589 g/mol. The molecule has 0 amide bonds. The Bertz CT molecular complexity index is 2150. The third-order valence-electron chi connectivity index (χ3n) is 8.18. The number of hydrogen-bond donors (Lipinski definition) is 0. The molecule has 5 heteroatoms. The van der Waals surface area contributed by atoms with Crippen molar-refractivity contribution in [3.8, 4) is 27.8 Å². The van der Waals surface area contributed by atoms with Crippen LogP contribution in [0.5, 0.6) is 0 Å². The van der Waals surface area contributed by atoms with Gasteiger partial charge in [0.2, 0.25) is 0 Å². The maximum absolute atomic E-state index is 10.0. The number of nitrogens with zero attached hydrogens (tertiary/aromatic N) is 4. The van der Waals surface area contributed by atoms with Crippen molar-refractivity contribution in [3.05, 3.63) is 143 Å². The summed E-state index contributed by atoms with van der Waals surface area (Å²) in [4.78, 5) is 10.2. The summed E-state index contributed by atoms with van der Waals surface area (Å²) >= 11 is 1.74. The van der Waals surface area contributed by atoms with E-state index in [9.17, 15) is 5.26 Å². The highest BCUT2D eigenvalue weighted by Crippen LogP contribution is 2.35. The molecule has 2 aromatic heterocycles.